The van der Waals surface area contributed by atoms with Crippen molar-refractivity contribution in [1.82, 2.24) is 19.9 Å². The van der Waals surface area contributed by atoms with Crippen molar-refractivity contribution in [3.63, 3.8) is 0 Å². The summed E-state index contributed by atoms with van der Waals surface area (Å²) in [6.07, 6.45) is 3.80. The summed E-state index contributed by atoms with van der Waals surface area (Å²) in [6.45, 7) is 9.94. The van der Waals surface area contributed by atoms with E-state index in [-0.39, 0.29) is 0 Å². The third-order valence-corrected chi connectivity index (χ3v) is 5.60. The Morgan fingerprint density at radius 1 is 0.968 bits per heavy atom. The van der Waals surface area contributed by atoms with Crippen molar-refractivity contribution in [3.8, 4) is 34.1 Å². The Balaban J connectivity index is 1.44. The van der Waals surface area contributed by atoms with E-state index >= 15 is 0 Å². The molecule has 1 aliphatic rings. The van der Waals surface area contributed by atoms with Gasteiger partial charge in [0.05, 0.1) is 19.9 Å². The van der Waals surface area contributed by atoms with Crippen LogP contribution in [0.5, 0.6) is 11.5 Å². The molecular weight excluding hydrogens is 390 g/mol. The highest BCUT2D eigenvalue weighted by Gasteiger charge is 2.19. The van der Waals surface area contributed by atoms with E-state index in [4.69, 9.17) is 19.4 Å². The van der Waals surface area contributed by atoms with Gasteiger partial charge in [-0.15, -0.1) is 0 Å². The molecule has 3 heterocycles. The first-order chi connectivity index (χ1) is 15.1. The van der Waals surface area contributed by atoms with Crippen LogP contribution in [0.25, 0.3) is 22.6 Å². The number of H-pyrrole nitrogens is 1. The molecular formula is C24H31N5O2. The molecule has 1 aromatic carbocycles. The smallest absolute Gasteiger partial charge is 0.161 e. The van der Waals surface area contributed by atoms with E-state index in [1.54, 1.807) is 14.2 Å². The molecule has 0 atom stereocenters. The van der Waals surface area contributed by atoms with Crippen molar-refractivity contribution in [2.75, 3.05) is 51.8 Å². The number of aromatic nitrogens is 3. The number of methoxy groups -OCH3 is 2. The number of rotatable bonds is 7. The Hall–Kier alpha value is -3.06. The van der Waals surface area contributed by atoms with Crippen LogP contribution < -0.4 is 14.4 Å². The molecule has 1 aliphatic heterocycles. The highest BCUT2D eigenvalue weighted by atomic mass is 16.5. The monoisotopic (exact) mass is 421 g/mol. The van der Waals surface area contributed by atoms with Crippen molar-refractivity contribution in [2.24, 2.45) is 5.92 Å². The van der Waals surface area contributed by atoms with Crippen LogP contribution in [0.1, 0.15) is 13.8 Å². The highest BCUT2D eigenvalue weighted by molar-refractivity contribution is 5.67. The summed E-state index contributed by atoms with van der Waals surface area (Å²) < 4.78 is 10.7. The van der Waals surface area contributed by atoms with E-state index < -0.39 is 0 Å². The zero-order valence-corrected chi connectivity index (χ0v) is 18.8. The first kappa shape index (κ1) is 21.2. The van der Waals surface area contributed by atoms with Crippen LogP contribution in [0.3, 0.4) is 0 Å². The first-order valence-corrected chi connectivity index (χ1v) is 10.8. The molecule has 1 saturated heterocycles. The Morgan fingerprint density at radius 2 is 1.71 bits per heavy atom. The Labute approximate surface area is 184 Å². The van der Waals surface area contributed by atoms with Gasteiger partial charge in [-0.05, 0) is 36.2 Å². The maximum Gasteiger partial charge on any atom is 0.161 e. The normalized spacial score (nSPS) is 14.8. The van der Waals surface area contributed by atoms with E-state index in [1.807, 2.05) is 30.6 Å². The average molecular weight is 422 g/mol. The molecule has 31 heavy (non-hydrogen) atoms. The lowest BCUT2D eigenvalue weighted by atomic mass is 10.1. The molecule has 7 nitrogen and oxygen atoms in total. The molecule has 3 aromatic rings. The molecule has 2 aromatic heterocycles. The summed E-state index contributed by atoms with van der Waals surface area (Å²) in [7, 11) is 3.27. The van der Waals surface area contributed by atoms with Crippen LogP contribution in [-0.2, 0) is 0 Å². The van der Waals surface area contributed by atoms with Gasteiger partial charge in [-0.3, -0.25) is 4.90 Å². The summed E-state index contributed by atoms with van der Waals surface area (Å²) in [5.74, 6) is 3.92. The molecule has 164 valence electrons. The number of aromatic amines is 1. The van der Waals surface area contributed by atoms with Crippen molar-refractivity contribution in [2.45, 2.75) is 13.8 Å². The molecule has 0 bridgehead atoms. The number of piperazine rings is 1. The molecule has 0 spiro atoms. The van der Waals surface area contributed by atoms with Gasteiger partial charge >= 0.3 is 0 Å². The second-order valence-electron chi connectivity index (χ2n) is 8.29. The topological polar surface area (TPSA) is 66.5 Å². The Kier molecular flexibility index (Phi) is 6.42. The third-order valence-electron chi connectivity index (χ3n) is 5.60. The summed E-state index contributed by atoms with van der Waals surface area (Å²) in [5, 5.41) is 0. The van der Waals surface area contributed by atoms with Crippen molar-refractivity contribution in [1.29, 1.82) is 0 Å². The Bertz CT molecular complexity index is 991. The van der Waals surface area contributed by atoms with E-state index in [0.29, 0.717) is 17.4 Å². The van der Waals surface area contributed by atoms with Gasteiger partial charge in [0.1, 0.15) is 11.6 Å². The lowest BCUT2D eigenvalue weighted by Gasteiger charge is -2.36. The number of hydrogen-bond donors (Lipinski definition) is 1. The van der Waals surface area contributed by atoms with Crippen LogP contribution >= 0.6 is 0 Å². The van der Waals surface area contributed by atoms with Gasteiger partial charge < -0.3 is 19.4 Å². The number of imidazole rings is 1. The quantitative estimate of drug-likeness (QED) is 0.623. The number of hydrogen-bond acceptors (Lipinski definition) is 6. The maximum absolute atomic E-state index is 5.41. The van der Waals surface area contributed by atoms with Crippen LogP contribution in [0.2, 0.25) is 0 Å². The minimum Gasteiger partial charge on any atom is -0.493 e. The molecule has 1 N–H and O–H groups in total. The van der Waals surface area contributed by atoms with Gasteiger partial charge in [0, 0.05) is 56.2 Å². The van der Waals surface area contributed by atoms with Gasteiger partial charge in [0.15, 0.2) is 11.5 Å². The Morgan fingerprint density at radius 3 is 2.35 bits per heavy atom. The van der Waals surface area contributed by atoms with Crippen LogP contribution in [0.4, 0.5) is 5.82 Å². The predicted octanol–water partition coefficient (Wildman–Crippen LogP) is 3.93. The number of benzene rings is 1. The van der Waals surface area contributed by atoms with Gasteiger partial charge in [0.2, 0.25) is 0 Å². The average Bonchev–Trinajstić information content (AvgIpc) is 3.29. The van der Waals surface area contributed by atoms with E-state index in [2.05, 4.69) is 40.8 Å². The fourth-order valence-corrected chi connectivity index (χ4v) is 4.00. The van der Waals surface area contributed by atoms with E-state index in [9.17, 15) is 0 Å². The summed E-state index contributed by atoms with van der Waals surface area (Å²) in [6, 6.07) is 9.96. The maximum atomic E-state index is 5.41. The molecule has 0 aliphatic carbocycles. The van der Waals surface area contributed by atoms with Crippen molar-refractivity contribution >= 4 is 5.82 Å². The minimum atomic E-state index is 0.684. The van der Waals surface area contributed by atoms with Gasteiger partial charge in [0.25, 0.3) is 0 Å². The van der Waals surface area contributed by atoms with Crippen LogP contribution in [0, 0.1) is 5.92 Å². The van der Waals surface area contributed by atoms with Crippen molar-refractivity contribution < 1.29 is 9.47 Å². The molecule has 4 rings (SSSR count). The molecule has 0 radical (unpaired) electrons. The van der Waals surface area contributed by atoms with E-state index in [0.717, 1.165) is 54.6 Å². The number of nitrogens with zero attached hydrogens (tertiary/aromatic N) is 4. The van der Waals surface area contributed by atoms with Gasteiger partial charge in [-0.1, -0.05) is 13.8 Å². The van der Waals surface area contributed by atoms with E-state index in [1.165, 1.54) is 6.54 Å². The molecule has 7 heteroatoms. The van der Waals surface area contributed by atoms with Crippen molar-refractivity contribution in [3.05, 3.63) is 42.7 Å². The lowest BCUT2D eigenvalue weighted by Crippen LogP contribution is -2.47. The number of nitrogens with one attached hydrogen (secondary N) is 1. The fraction of sp³-hybridized carbons (Fsp3) is 0.417. The minimum absolute atomic E-state index is 0.684. The molecule has 0 unspecified atom stereocenters. The summed E-state index contributed by atoms with van der Waals surface area (Å²) in [5.41, 5.74) is 2.78. The highest BCUT2D eigenvalue weighted by Crippen LogP contribution is 2.32. The predicted molar refractivity (Wildman–Crippen MR) is 124 cm³/mol. The zero-order chi connectivity index (χ0) is 21.8. The van der Waals surface area contributed by atoms with Crippen LogP contribution in [0.15, 0.2) is 42.7 Å². The van der Waals surface area contributed by atoms with Crippen LogP contribution in [-0.4, -0.2) is 66.8 Å². The molecule has 0 saturated carbocycles. The fourth-order valence-electron chi connectivity index (χ4n) is 4.00. The van der Waals surface area contributed by atoms with Gasteiger partial charge in [-0.2, -0.15) is 0 Å². The standard InChI is InChI=1S/C24H31N5O2/c1-17(2)16-28-9-11-29(12-10-28)23-8-6-19(14-25-23)24-26-15-20(27-24)18-5-7-21(30-3)22(13-18)31-4/h5-8,13-15,17H,9-12,16H2,1-4H3,(H,26,27). The number of ether oxygens (including phenoxy) is 2. The second kappa shape index (κ2) is 9.39. The van der Waals surface area contributed by atoms with Gasteiger partial charge in [-0.25, -0.2) is 9.97 Å². The zero-order valence-electron chi connectivity index (χ0n) is 18.8. The third kappa shape index (κ3) is 4.82. The first-order valence-electron chi connectivity index (χ1n) is 10.8. The number of anilines is 1. The molecule has 0 amide bonds. The summed E-state index contributed by atoms with van der Waals surface area (Å²) >= 11 is 0. The molecule has 1 fully saturated rings. The second-order valence-corrected chi connectivity index (χ2v) is 8.29. The largest absolute Gasteiger partial charge is 0.493 e. The number of pyridine rings is 1. The SMILES string of the molecule is COc1ccc(-c2c[nH]c(-c3ccc(N4CCN(CC(C)C)CC4)nc3)n2)cc1OC. The lowest BCUT2D eigenvalue weighted by molar-refractivity contribution is 0.231. The summed E-state index contributed by atoms with van der Waals surface area (Å²) in [4.78, 5) is 17.6.